The van der Waals surface area contributed by atoms with E-state index in [9.17, 15) is 20.1 Å². The standard InChI is InChI=1S/C19H19N5O2S2/c1-8-9(2)27-18-13(8)16(26)22-14(23-18)10(3)28-17-12(7-21)19(4,5)11(6-20)15(25)24-17/h10-11H,1-5H3,(H,24,25)(H,22,23,26)/t10-,11-/m1/s1. The number of H-pyrrole nitrogens is 1. The van der Waals surface area contributed by atoms with Gasteiger partial charge in [0.1, 0.15) is 16.6 Å². The molecule has 0 spiro atoms. The van der Waals surface area contributed by atoms with Crippen molar-refractivity contribution in [1.29, 1.82) is 10.5 Å². The van der Waals surface area contributed by atoms with E-state index in [2.05, 4.69) is 21.4 Å². The Labute approximate surface area is 170 Å². The molecule has 9 heteroatoms. The van der Waals surface area contributed by atoms with Crippen molar-refractivity contribution in [2.24, 2.45) is 11.3 Å². The van der Waals surface area contributed by atoms with Crippen molar-refractivity contribution in [3.63, 3.8) is 0 Å². The lowest BCUT2D eigenvalue weighted by Gasteiger charge is -2.35. The molecule has 0 bridgehead atoms. The highest BCUT2D eigenvalue weighted by molar-refractivity contribution is 8.03. The quantitative estimate of drug-likeness (QED) is 0.795. The number of thiophene rings is 1. The molecular formula is C19H19N5O2S2. The lowest BCUT2D eigenvalue weighted by Crippen LogP contribution is -2.44. The van der Waals surface area contributed by atoms with Crippen LogP contribution in [0.5, 0.6) is 0 Å². The third-order valence-corrected chi connectivity index (χ3v) is 7.29. The minimum absolute atomic E-state index is 0.193. The molecule has 0 aromatic carbocycles. The fraction of sp³-hybridized carbons (Fsp3) is 0.421. The van der Waals surface area contributed by atoms with Crippen LogP contribution in [0.1, 0.15) is 42.3 Å². The molecule has 7 nitrogen and oxygen atoms in total. The molecular weight excluding hydrogens is 394 g/mol. The number of nitriles is 2. The first-order valence-electron chi connectivity index (χ1n) is 8.63. The Morgan fingerprint density at radius 3 is 2.57 bits per heavy atom. The molecule has 0 radical (unpaired) electrons. The molecule has 0 saturated heterocycles. The molecule has 144 valence electrons. The lowest BCUT2D eigenvalue weighted by atomic mass is 9.72. The third-order valence-electron chi connectivity index (χ3n) is 5.07. The highest BCUT2D eigenvalue weighted by Gasteiger charge is 2.45. The molecule has 0 aliphatic carbocycles. The van der Waals surface area contributed by atoms with E-state index in [4.69, 9.17) is 0 Å². The van der Waals surface area contributed by atoms with Gasteiger partial charge in [-0.2, -0.15) is 10.5 Å². The Morgan fingerprint density at radius 1 is 1.29 bits per heavy atom. The van der Waals surface area contributed by atoms with Crippen LogP contribution in [0.2, 0.25) is 0 Å². The summed E-state index contributed by atoms with van der Waals surface area (Å²) in [5.41, 5.74) is 0.183. The molecule has 0 fully saturated rings. The van der Waals surface area contributed by atoms with Gasteiger partial charge in [-0.3, -0.25) is 9.59 Å². The van der Waals surface area contributed by atoms with E-state index in [0.29, 0.717) is 26.6 Å². The largest absolute Gasteiger partial charge is 0.319 e. The van der Waals surface area contributed by atoms with Crippen LogP contribution in [-0.4, -0.2) is 15.9 Å². The van der Waals surface area contributed by atoms with Crippen molar-refractivity contribution in [2.45, 2.75) is 39.9 Å². The summed E-state index contributed by atoms with van der Waals surface area (Å²) in [7, 11) is 0. The first-order chi connectivity index (χ1) is 13.1. The van der Waals surface area contributed by atoms with Gasteiger partial charge < -0.3 is 10.3 Å². The fourth-order valence-corrected chi connectivity index (χ4v) is 5.41. The average Bonchev–Trinajstić information content (AvgIpc) is 2.89. The average molecular weight is 414 g/mol. The molecule has 0 unspecified atom stereocenters. The number of hydrogen-bond acceptors (Lipinski definition) is 7. The summed E-state index contributed by atoms with van der Waals surface area (Å²) in [6.07, 6.45) is 0. The molecule has 2 N–H and O–H groups in total. The third kappa shape index (κ3) is 3.11. The number of nitrogens with one attached hydrogen (secondary N) is 2. The van der Waals surface area contributed by atoms with Crippen molar-refractivity contribution >= 4 is 39.2 Å². The molecule has 28 heavy (non-hydrogen) atoms. The molecule has 1 aliphatic rings. The number of nitrogens with zero attached hydrogens (tertiary/aromatic N) is 3. The number of allylic oxidation sites excluding steroid dienone is 1. The number of fused-ring (bicyclic) bond motifs is 1. The van der Waals surface area contributed by atoms with E-state index in [1.807, 2.05) is 26.8 Å². The zero-order valence-electron chi connectivity index (χ0n) is 16.1. The Balaban J connectivity index is 2.02. The number of carbonyl (C=O) groups excluding carboxylic acids is 1. The monoisotopic (exact) mass is 413 g/mol. The van der Waals surface area contributed by atoms with E-state index in [1.54, 1.807) is 13.8 Å². The molecule has 2 atom stereocenters. The van der Waals surface area contributed by atoms with Gasteiger partial charge in [0.05, 0.1) is 33.4 Å². The van der Waals surface area contributed by atoms with E-state index in [0.717, 1.165) is 10.4 Å². The highest BCUT2D eigenvalue weighted by atomic mass is 32.2. The van der Waals surface area contributed by atoms with Gasteiger partial charge in [0.2, 0.25) is 5.91 Å². The van der Waals surface area contributed by atoms with Gasteiger partial charge in [-0.15, -0.1) is 11.3 Å². The summed E-state index contributed by atoms with van der Waals surface area (Å²) in [5, 5.41) is 22.3. The Hall–Kier alpha value is -2.62. The van der Waals surface area contributed by atoms with Crippen molar-refractivity contribution in [3.05, 3.63) is 37.2 Å². The number of carbonyl (C=O) groups is 1. The van der Waals surface area contributed by atoms with Gasteiger partial charge in [-0.25, -0.2) is 4.98 Å². The van der Waals surface area contributed by atoms with E-state index >= 15 is 0 Å². The predicted molar refractivity (Wildman–Crippen MR) is 109 cm³/mol. The Bertz CT molecular complexity index is 1160. The molecule has 2 aromatic rings. The van der Waals surface area contributed by atoms with Crippen LogP contribution < -0.4 is 10.9 Å². The smallest absolute Gasteiger partial charge is 0.259 e. The SMILES string of the molecule is Cc1sc2nc([C@@H](C)SC3=C(C#N)C(C)(C)[C@H](C#N)C(=O)N3)[nH]c(=O)c2c1C. The molecule has 3 heterocycles. The van der Waals surface area contributed by atoms with Crippen LogP contribution in [0.4, 0.5) is 0 Å². The fourth-order valence-electron chi connectivity index (χ4n) is 3.21. The van der Waals surface area contributed by atoms with Gasteiger partial charge in [0.15, 0.2) is 0 Å². The Kier molecular flexibility index (Phi) is 5.09. The summed E-state index contributed by atoms with van der Waals surface area (Å²) < 4.78 is 0. The minimum atomic E-state index is -0.937. The topological polar surface area (TPSA) is 122 Å². The van der Waals surface area contributed by atoms with Crippen LogP contribution >= 0.6 is 23.1 Å². The van der Waals surface area contributed by atoms with Crippen molar-refractivity contribution < 1.29 is 4.79 Å². The number of thioether (sulfide) groups is 1. The lowest BCUT2D eigenvalue weighted by molar-refractivity contribution is -0.125. The van der Waals surface area contributed by atoms with Crippen molar-refractivity contribution in [2.75, 3.05) is 0 Å². The second-order valence-electron chi connectivity index (χ2n) is 7.26. The number of amides is 1. The van der Waals surface area contributed by atoms with Crippen LogP contribution in [0, 0.1) is 47.8 Å². The summed E-state index contributed by atoms with van der Waals surface area (Å²) in [6, 6.07) is 4.12. The molecule has 1 aliphatic heterocycles. The van der Waals surface area contributed by atoms with Crippen LogP contribution in [0.25, 0.3) is 10.2 Å². The van der Waals surface area contributed by atoms with Gasteiger partial charge in [0, 0.05) is 10.3 Å². The van der Waals surface area contributed by atoms with Crippen LogP contribution in [0.15, 0.2) is 15.4 Å². The number of aromatic nitrogens is 2. The summed E-state index contributed by atoms with van der Waals surface area (Å²) >= 11 is 2.71. The minimum Gasteiger partial charge on any atom is -0.319 e. The second kappa shape index (κ2) is 7.08. The Morgan fingerprint density at radius 2 is 1.96 bits per heavy atom. The van der Waals surface area contributed by atoms with Gasteiger partial charge in [-0.1, -0.05) is 25.6 Å². The van der Waals surface area contributed by atoms with E-state index in [-0.39, 0.29) is 10.8 Å². The highest BCUT2D eigenvalue weighted by Crippen LogP contribution is 2.44. The van der Waals surface area contributed by atoms with Gasteiger partial charge >= 0.3 is 0 Å². The normalized spacial score (nSPS) is 19.8. The van der Waals surface area contributed by atoms with Crippen molar-refractivity contribution in [3.8, 4) is 12.1 Å². The molecule has 0 saturated carbocycles. The molecule has 1 amide bonds. The summed E-state index contributed by atoms with van der Waals surface area (Å²) in [6.45, 7) is 9.13. The maximum absolute atomic E-state index is 12.5. The summed E-state index contributed by atoms with van der Waals surface area (Å²) in [4.78, 5) is 34.0. The maximum Gasteiger partial charge on any atom is 0.259 e. The van der Waals surface area contributed by atoms with Crippen LogP contribution in [-0.2, 0) is 4.79 Å². The number of rotatable bonds is 3. The molecule has 2 aromatic heterocycles. The summed E-state index contributed by atoms with van der Waals surface area (Å²) in [5.74, 6) is -0.890. The molecule has 3 rings (SSSR count). The zero-order chi connectivity index (χ0) is 20.8. The number of hydrogen-bond donors (Lipinski definition) is 2. The van der Waals surface area contributed by atoms with Gasteiger partial charge in [-0.05, 0) is 26.3 Å². The van der Waals surface area contributed by atoms with E-state index in [1.165, 1.54) is 23.1 Å². The number of aryl methyl sites for hydroxylation is 2. The maximum atomic E-state index is 12.5. The predicted octanol–water partition coefficient (Wildman–Crippen LogP) is 3.43. The first kappa shape index (κ1) is 20.1. The first-order valence-corrected chi connectivity index (χ1v) is 10.3. The van der Waals surface area contributed by atoms with Gasteiger partial charge in [0.25, 0.3) is 5.56 Å². The number of aromatic amines is 1. The second-order valence-corrected chi connectivity index (χ2v) is 9.82. The van der Waals surface area contributed by atoms with Crippen molar-refractivity contribution in [1.82, 2.24) is 15.3 Å². The van der Waals surface area contributed by atoms with Crippen LogP contribution in [0.3, 0.4) is 0 Å². The van der Waals surface area contributed by atoms with E-state index < -0.39 is 17.2 Å². The zero-order valence-corrected chi connectivity index (χ0v) is 17.8.